The van der Waals surface area contributed by atoms with Gasteiger partial charge < -0.3 is 26.6 Å². The van der Waals surface area contributed by atoms with Crippen LogP contribution in [-0.2, 0) is 33.8 Å². The van der Waals surface area contributed by atoms with E-state index in [1.54, 1.807) is 19.2 Å². The number of halogens is 2. The van der Waals surface area contributed by atoms with E-state index in [-0.39, 0.29) is 30.6 Å². The third-order valence-corrected chi connectivity index (χ3v) is 7.10. The lowest BCUT2D eigenvalue weighted by Gasteiger charge is -2.27. The number of nitrogens with two attached hydrogens (primary N) is 2. The maximum absolute atomic E-state index is 13.8. The molecule has 2 unspecified atom stereocenters. The Labute approximate surface area is 208 Å². The molecule has 10 heteroatoms. The first-order chi connectivity index (χ1) is 17.2. The molecule has 0 spiro atoms. The van der Waals surface area contributed by atoms with Crippen LogP contribution in [0, 0.1) is 11.6 Å². The van der Waals surface area contributed by atoms with Gasteiger partial charge in [0.2, 0.25) is 11.8 Å². The number of hydrogen-bond donors (Lipinski definition) is 4. The van der Waals surface area contributed by atoms with Crippen molar-refractivity contribution >= 4 is 23.4 Å². The lowest BCUT2D eigenvalue weighted by Crippen LogP contribution is -2.94. The number of quaternary nitrogens is 1. The van der Waals surface area contributed by atoms with E-state index in [2.05, 4.69) is 10.6 Å². The molecule has 6 N–H and O–H groups in total. The van der Waals surface area contributed by atoms with Gasteiger partial charge in [-0.1, -0.05) is 6.07 Å². The van der Waals surface area contributed by atoms with Gasteiger partial charge in [0, 0.05) is 37.6 Å². The predicted molar refractivity (Wildman–Crippen MR) is 130 cm³/mol. The number of benzene rings is 2. The number of hydrogen-bond acceptors (Lipinski definition) is 4. The Morgan fingerprint density at radius 1 is 1.08 bits per heavy atom. The van der Waals surface area contributed by atoms with Gasteiger partial charge in [0.1, 0.15) is 23.7 Å². The second-order valence-corrected chi connectivity index (χ2v) is 9.68. The summed E-state index contributed by atoms with van der Waals surface area (Å²) in [6, 6.07) is 8.17. The zero-order valence-corrected chi connectivity index (χ0v) is 20.3. The quantitative estimate of drug-likeness (QED) is 0.424. The average molecular weight is 501 g/mol. The van der Waals surface area contributed by atoms with Crippen LogP contribution in [0.25, 0.3) is 0 Å². The number of fused-ring (bicyclic) bond motifs is 1. The van der Waals surface area contributed by atoms with E-state index in [0.29, 0.717) is 24.9 Å². The van der Waals surface area contributed by atoms with Crippen LogP contribution in [0.3, 0.4) is 0 Å². The van der Waals surface area contributed by atoms with E-state index in [0.717, 1.165) is 36.6 Å². The number of carbonyl (C=O) groups excluding carboxylic acids is 3. The van der Waals surface area contributed by atoms with Gasteiger partial charge in [-0.25, -0.2) is 8.78 Å². The van der Waals surface area contributed by atoms with Crippen LogP contribution < -0.4 is 21.7 Å². The van der Waals surface area contributed by atoms with Crippen LogP contribution in [0.1, 0.15) is 36.0 Å². The minimum Gasteiger partial charge on any atom is -0.368 e. The normalized spacial score (nSPS) is 21.0. The van der Waals surface area contributed by atoms with Gasteiger partial charge in [-0.05, 0) is 60.8 Å². The Bertz CT molecular complexity index is 1150. The molecule has 2 atom stereocenters. The molecule has 4 rings (SSSR count). The molecule has 0 radical (unpaired) electrons. The van der Waals surface area contributed by atoms with E-state index in [4.69, 9.17) is 5.73 Å². The van der Waals surface area contributed by atoms with E-state index < -0.39 is 29.0 Å². The summed E-state index contributed by atoms with van der Waals surface area (Å²) in [5, 5.41) is 7.79. The highest BCUT2D eigenvalue weighted by atomic mass is 19.1. The molecule has 2 aliphatic rings. The molecule has 0 saturated carbocycles. The van der Waals surface area contributed by atoms with Crippen LogP contribution in [0.4, 0.5) is 14.5 Å². The number of nitrogens with zero attached hydrogens (tertiary/aromatic N) is 1. The van der Waals surface area contributed by atoms with Crippen molar-refractivity contribution in [2.24, 2.45) is 5.73 Å². The first kappa shape index (κ1) is 25.7. The number of anilines is 1. The molecular weight excluding hydrogens is 468 g/mol. The van der Waals surface area contributed by atoms with E-state index in [1.165, 1.54) is 17.0 Å². The number of piperidine rings is 1. The molecule has 192 valence electrons. The van der Waals surface area contributed by atoms with E-state index in [1.807, 2.05) is 11.4 Å². The van der Waals surface area contributed by atoms with Gasteiger partial charge in [-0.15, -0.1) is 0 Å². The topological polar surface area (TPSA) is 121 Å². The number of rotatable bonds is 8. The van der Waals surface area contributed by atoms with Crippen molar-refractivity contribution in [1.29, 1.82) is 0 Å². The summed E-state index contributed by atoms with van der Waals surface area (Å²) in [7, 11) is 1.69. The van der Waals surface area contributed by atoms with Crippen LogP contribution in [0.15, 0.2) is 36.4 Å². The Balaban J connectivity index is 1.48. The van der Waals surface area contributed by atoms with Gasteiger partial charge in [0.25, 0.3) is 5.91 Å². The molecule has 0 aromatic heterocycles. The van der Waals surface area contributed by atoms with Gasteiger partial charge in [0.15, 0.2) is 6.04 Å². The molecule has 8 nitrogen and oxygen atoms in total. The number of primary amides is 1. The first-order valence-electron chi connectivity index (χ1n) is 12.2. The third kappa shape index (κ3) is 5.71. The Hall–Kier alpha value is -3.37. The largest absolute Gasteiger partial charge is 0.368 e. The second-order valence-electron chi connectivity index (χ2n) is 9.68. The van der Waals surface area contributed by atoms with Crippen LogP contribution in [0.5, 0.6) is 0 Å². The van der Waals surface area contributed by atoms with Crippen LogP contribution >= 0.6 is 0 Å². The molecule has 1 fully saturated rings. The lowest BCUT2D eigenvalue weighted by molar-refractivity contribution is -0.685. The summed E-state index contributed by atoms with van der Waals surface area (Å²) in [6.45, 7) is 0.471. The lowest BCUT2D eigenvalue weighted by atomic mass is 9.95. The molecular formula is C26H32F2N5O3+. The van der Waals surface area contributed by atoms with E-state index >= 15 is 0 Å². The Morgan fingerprint density at radius 3 is 2.44 bits per heavy atom. The van der Waals surface area contributed by atoms with Crippen molar-refractivity contribution < 1.29 is 28.5 Å². The SMILES string of the molecule is CNC1(C(N)=O)Cc2ccc(NC(=O)CN(Cc3cc(F)cc(F)c3)C(=O)C3CCCC[NH2+]3)cc2C1. The smallest absolute Gasteiger partial charge is 0.281 e. The van der Waals surface area contributed by atoms with Gasteiger partial charge in [-0.2, -0.15) is 0 Å². The summed E-state index contributed by atoms with van der Waals surface area (Å²) >= 11 is 0. The molecule has 0 bridgehead atoms. The zero-order chi connectivity index (χ0) is 25.9. The number of amides is 3. The predicted octanol–water partition coefficient (Wildman–Crippen LogP) is 0.590. The van der Waals surface area contributed by atoms with Crippen LogP contribution in [0.2, 0.25) is 0 Å². The fraction of sp³-hybridized carbons (Fsp3) is 0.423. The third-order valence-electron chi connectivity index (χ3n) is 7.10. The summed E-state index contributed by atoms with van der Waals surface area (Å²) < 4.78 is 27.5. The first-order valence-corrected chi connectivity index (χ1v) is 12.2. The van der Waals surface area contributed by atoms with Crippen molar-refractivity contribution in [3.8, 4) is 0 Å². The minimum atomic E-state index is -0.856. The molecule has 2 aromatic rings. The van der Waals surface area contributed by atoms with Crippen molar-refractivity contribution in [2.45, 2.75) is 50.2 Å². The van der Waals surface area contributed by atoms with Gasteiger partial charge in [-0.3, -0.25) is 14.4 Å². The van der Waals surface area contributed by atoms with Crippen molar-refractivity contribution in [3.05, 3.63) is 64.7 Å². The number of nitrogens with one attached hydrogen (secondary N) is 2. The average Bonchev–Trinajstić information content (AvgIpc) is 3.23. The number of carbonyl (C=O) groups is 3. The van der Waals surface area contributed by atoms with Crippen molar-refractivity contribution in [2.75, 3.05) is 25.5 Å². The summed E-state index contributed by atoms with van der Waals surface area (Å²) in [4.78, 5) is 39.6. The fourth-order valence-electron chi connectivity index (χ4n) is 5.14. The fourth-order valence-corrected chi connectivity index (χ4v) is 5.14. The van der Waals surface area contributed by atoms with Gasteiger partial charge >= 0.3 is 0 Å². The summed E-state index contributed by atoms with van der Waals surface area (Å²) in [5.41, 5.74) is 7.43. The van der Waals surface area contributed by atoms with Crippen molar-refractivity contribution in [1.82, 2.24) is 10.2 Å². The minimum absolute atomic E-state index is 0.0846. The highest BCUT2D eigenvalue weighted by Crippen LogP contribution is 2.32. The number of likely N-dealkylation sites (N-methyl/N-ethyl adjacent to an activating group) is 1. The molecule has 36 heavy (non-hydrogen) atoms. The monoisotopic (exact) mass is 500 g/mol. The summed E-state index contributed by atoms with van der Waals surface area (Å²) in [6.07, 6.45) is 3.49. The maximum atomic E-state index is 13.8. The Morgan fingerprint density at radius 2 is 1.81 bits per heavy atom. The molecule has 1 heterocycles. The summed E-state index contributed by atoms with van der Waals surface area (Å²) in [5.74, 6) is -2.57. The molecule has 3 amide bonds. The zero-order valence-electron chi connectivity index (χ0n) is 20.3. The van der Waals surface area contributed by atoms with Crippen LogP contribution in [-0.4, -0.2) is 54.3 Å². The molecule has 2 aromatic carbocycles. The molecule has 1 saturated heterocycles. The molecule has 1 aliphatic heterocycles. The highest BCUT2D eigenvalue weighted by Gasteiger charge is 2.41. The standard InChI is InChI=1S/C26H31F2N5O3/c1-30-26(25(29)36)12-17-5-6-21(10-18(17)13-26)32-23(34)15-33(24(35)22-4-2-3-7-31-22)14-16-8-19(27)11-20(28)9-16/h5-6,8-11,22,30-31H,2-4,7,12-15H2,1H3,(H2,29,36)(H,32,34)/p+1. The second kappa shape index (κ2) is 10.7. The molecule has 1 aliphatic carbocycles. The highest BCUT2D eigenvalue weighted by molar-refractivity contribution is 5.95. The van der Waals surface area contributed by atoms with Gasteiger partial charge in [0.05, 0.1) is 6.54 Å². The Kier molecular flexibility index (Phi) is 7.65. The van der Waals surface area contributed by atoms with Crippen molar-refractivity contribution in [3.63, 3.8) is 0 Å². The van der Waals surface area contributed by atoms with E-state index in [9.17, 15) is 23.2 Å². The maximum Gasteiger partial charge on any atom is 0.281 e.